The van der Waals surface area contributed by atoms with E-state index in [1.807, 2.05) is 42.5 Å². The van der Waals surface area contributed by atoms with Crippen molar-refractivity contribution in [3.05, 3.63) is 83.9 Å². The summed E-state index contributed by atoms with van der Waals surface area (Å²) in [6, 6.07) is 22.0. The molecule has 0 aliphatic carbocycles. The van der Waals surface area contributed by atoms with Crippen LogP contribution in [0, 0.1) is 0 Å². The van der Waals surface area contributed by atoms with Crippen molar-refractivity contribution in [2.45, 2.75) is 0 Å². The number of esters is 1. The van der Waals surface area contributed by atoms with Gasteiger partial charge in [0.15, 0.2) is 12.4 Å². The molecule has 0 spiro atoms. The molecule has 0 N–H and O–H groups in total. The second-order valence-electron chi connectivity index (χ2n) is 5.98. The minimum atomic E-state index is -0.677. The molecule has 0 saturated carbocycles. The Morgan fingerprint density at radius 1 is 0.714 bits per heavy atom. The third kappa shape index (κ3) is 4.20. The normalized spacial score (nSPS) is 10.2. The molecule has 3 aromatic carbocycles. The van der Waals surface area contributed by atoms with Gasteiger partial charge in [-0.05, 0) is 23.3 Å². The van der Waals surface area contributed by atoms with Gasteiger partial charge in [0.2, 0.25) is 0 Å². The summed E-state index contributed by atoms with van der Waals surface area (Å²) < 4.78 is 15.6. The van der Waals surface area contributed by atoms with Gasteiger partial charge in [-0.3, -0.25) is 4.79 Å². The predicted molar refractivity (Wildman–Crippen MR) is 106 cm³/mol. The minimum Gasteiger partial charge on any atom is -0.496 e. The molecule has 0 amide bonds. The second-order valence-corrected chi connectivity index (χ2v) is 5.98. The lowest BCUT2D eigenvalue weighted by molar-refractivity contribution is 0.0468. The van der Waals surface area contributed by atoms with Crippen molar-refractivity contribution in [2.24, 2.45) is 0 Å². The van der Waals surface area contributed by atoms with Crippen molar-refractivity contribution >= 4 is 11.8 Å². The van der Waals surface area contributed by atoms with Crippen molar-refractivity contribution in [1.82, 2.24) is 0 Å². The largest absolute Gasteiger partial charge is 0.496 e. The van der Waals surface area contributed by atoms with Crippen LogP contribution in [-0.4, -0.2) is 32.6 Å². The number of Topliss-reactive ketones (excluding diaryl/α,β-unsaturated/α-hetero) is 1. The molecule has 28 heavy (non-hydrogen) atoms. The van der Waals surface area contributed by atoms with Crippen molar-refractivity contribution in [1.29, 1.82) is 0 Å². The number of carbonyl (C=O) groups excluding carboxylic acids is 2. The number of ether oxygens (including phenoxy) is 3. The summed E-state index contributed by atoms with van der Waals surface area (Å²) in [4.78, 5) is 24.8. The Balaban J connectivity index is 1.68. The first-order valence-corrected chi connectivity index (χ1v) is 8.71. The lowest BCUT2D eigenvalue weighted by atomic mass is 10.0. The van der Waals surface area contributed by atoms with Gasteiger partial charge >= 0.3 is 5.97 Å². The third-order valence-corrected chi connectivity index (χ3v) is 4.28. The fourth-order valence-electron chi connectivity index (χ4n) is 2.82. The van der Waals surface area contributed by atoms with Gasteiger partial charge in [0, 0.05) is 5.56 Å². The summed E-state index contributed by atoms with van der Waals surface area (Å²) in [5.74, 6) is -0.321. The maximum Gasteiger partial charge on any atom is 0.346 e. The molecular weight excluding hydrogens is 356 g/mol. The van der Waals surface area contributed by atoms with Crippen LogP contribution < -0.4 is 9.47 Å². The van der Waals surface area contributed by atoms with Crippen LogP contribution in [0.1, 0.15) is 20.7 Å². The fraction of sp³-hybridized carbons (Fsp3) is 0.130. The van der Waals surface area contributed by atoms with E-state index in [4.69, 9.17) is 14.2 Å². The molecule has 0 radical (unpaired) electrons. The molecule has 0 unspecified atom stereocenters. The first-order valence-electron chi connectivity index (χ1n) is 8.71. The van der Waals surface area contributed by atoms with Crippen LogP contribution in [0.5, 0.6) is 11.5 Å². The van der Waals surface area contributed by atoms with Gasteiger partial charge in [-0.2, -0.15) is 0 Å². The van der Waals surface area contributed by atoms with E-state index in [1.165, 1.54) is 14.2 Å². The Morgan fingerprint density at radius 3 is 1.86 bits per heavy atom. The zero-order valence-electron chi connectivity index (χ0n) is 15.7. The average molecular weight is 376 g/mol. The smallest absolute Gasteiger partial charge is 0.346 e. The average Bonchev–Trinajstić information content (AvgIpc) is 2.77. The molecule has 0 aromatic heterocycles. The van der Waals surface area contributed by atoms with E-state index in [9.17, 15) is 9.59 Å². The molecule has 3 rings (SSSR count). The maximum atomic E-state index is 12.4. The van der Waals surface area contributed by atoms with E-state index in [-0.39, 0.29) is 18.0 Å². The Bertz CT molecular complexity index is 940. The minimum absolute atomic E-state index is 0.153. The summed E-state index contributed by atoms with van der Waals surface area (Å²) in [5.41, 5.74) is 2.70. The number of hydrogen-bond donors (Lipinski definition) is 0. The molecular formula is C23H20O5. The zero-order valence-corrected chi connectivity index (χ0v) is 15.7. The summed E-state index contributed by atoms with van der Waals surface area (Å²) >= 11 is 0. The number of hydrogen-bond acceptors (Lipinski definition) is 5. The molecule has 0 fully saturated rings. The van der Waals surface area contributed by atoms with Crippen LogP contribution in [0.25, 0.3) is 11.1 Å². The van der Waals surface area contributed by atoms with Gasteiger partial charge in [-0.25, -0.2) is 4.79 Å². The summed E-state index contributed by atoms with van der Waals surface area (Å²) in [7, 11) is 2.90. The highest BCUT2D eigenvalue weighted by Crippen LogP contribution is 2.29. The van der Waals surface area contributed by atoms with Crippen molar-refractivity contribution in [3.63, 3.8) is 0 Å². The lowest BCUT2D eigenvalue weighted by Crippen LogP contribution is -2.15. The molecule has 142 valence electrons. The molecule has 0 bridgehead atoms. The van der Waals surface area contributed by atoms with Crippen LogP contribution in [0.15, 0.2) is 72.8 Å². The quantitative estimate of drug-likeness (QED) is 0.451. The van der Waals surface area contributed by atoms with E-state index in [0.717, 1.165) is 11.1 Å². The molecule has 5 heteroatoms. The van der Waals surface area contributed by atoms with Crippen LogP contribution in [0.3, 0.4) is 0 Å². The molecule has 3 aromatic rings. The van der Waals surface area contributed by atoms with Gasteiger partial charge in [-0.15, -0.1) is 0 Å². The standard InChI is InChI=1S/C23H20O5/c1-26-20-9-6-10-21(27-2)22(20)23(25)28-15-19(24)18-13-11-17(12-14-18)16-7-4-3-5-8-16/h3-14H,15H2,1-2H3. The Labute approximate surface area is 163 Å². The van der Waals surface area contributed by atoms with Gasteiger partial charge in [0.25, 0.3) is 0 Å². The van der Waals surface area contributed by atoms with E-state index < -0.39 is 5.97 Å². The van der Waals surface area contributed by atoms with Crippen LogP contribution >= 0.6 is 0 Å². The van der Waals surface area contributed by atoms with E-state index in [2.05, 4.69) is 0 Å². The zero-order chi connectivity index (χ0) is 19.9. The van der Waals surface area contributed by atoms with Crippen molar-refractivity contribution < 1.29 is 23.8 Å². The fourth-order valence-corrected chi connectivity index (χ4v) is 2.82. The molecule has 0 heterocycles. The number of ketones is 1. The SMILES string of the molecule is COc1cccc(OC)c1C(=O)OCC(=O)c1ccc(-c2ccccc2)cc1. The Kier molecular flexibility index (Phi) is 6.07. The monoisotopic (exact) mass is 376 g/mol. The summed E-state index contributed by atoms with van der Waals surface area (Å²) in [5, 5.41) is 0. The van der Waals surface area contributed by atoms with Gasteiger partial charge in [-0.1, -0.05) is 60.7 Å². The topological polar surface area (TPSA) is 61.8 Å². The molecule has 0 saturated heterocycles. The van der Waals surface area contributed by atoms with Gasteiger partial charge in [0.1, 0.15) is 17.1 Å². The first-order chi connectivity index (χ1) is 13.6. The highest BCUT2D eigenvalue weighted by Gasteiger charge is 2.21. The van der Waals surface area contributed by atoms with Gasteiger partial charge < -0.3 is 14.2 Å². The Hall–Kier alpha value is -3.60. The predicted octanol–water partition coefficient (Wildman–Crippen LogP) is 4.41. The summed E-state index contributed by atoms with van der Waals surface area (Å²) in [6.07, 6.45) is 0. The van der Waals surface area contributed by atoms with E-state index in [1.54, 1.807) is 30.3 Å². The van der Waals surface area contributed by atoms with E-state index >= 15 is 0 Å². The number of benzene rings is 3. The number of carbonyl (C=O) groups is 2. The molecule has 0 atom stereocenters. The summed E-state index contributed by atoms with van der Waals surface area (Å²) in [6.45, 7) is -0.370. The second kappa shape index (κ2) is 8.86. The van der Waals surface area contributed by atoms with Crippen molar-refractivity contribution in [2.75, 3.05) is 20.8 Å². The maximum absolute atomic E-state index is 12.4. The first kappa shape index (κ1) is 19.2. The molecule has 0 aliphatic heterocycles. The highest BCUT2D eigenvalue weighted by atomic mass is 16.5. The van der Waals surface area contributed by atoms with Crippen molar-refractivity contribution in [3.8, 4) is 22.6 Å². The molecule has 0 aliphatic rings. The Morgan fingerprint density at radius 2 is 1.29 bits per heavy atom. The van der Waals surface area contributed by atoms with Crippen LogP contribution in [0.4, 0.5) is 0 Å². The lowest BCUT2D eigenvalue weighted by Gasteiger charge is -2.12. The van der Waals surface area contributed by atoms with Crippen LogP contribution in [-0.2, 0) is 4.74 Å². The number of methoxy groups -OCH3 is 2. The number of rotatable bonds is 7. The highest BCUT2D eigenvalue weighted by molar-refractivity contribution is 6.01. The van der Waals surface area contributed by atoms with Crippen LogP contribution in [0.2, 0.25) is 0 Å². The van der Waals surface area contributed by atoms with E-state index in [0.29, 0.717) is 17.1 Å². The van der Waals surface area contributed by atoms with Gasteiger partial charge in [0.05, 0.1) is 14.2 Å². The third-order valence-electron chi connectivity index (χ3n) is 4.28. The molecule has 5 nitrogen and oxygen atoms in total.